The third-order valence-electron chi connectivity index (χ3n) is 8.46. The first-order valence-electron chi connectivity index (χ1n) is 13.4. The third kappa shape index (κ3) is 4.54. The average Bonchev–Trinajstić information content (AvgIpc) is 3.48. The number of aryl methyl sites for hydroxylation is 2. The molecule has 0 radical (unpaired) electrons. The molecule has 2 aliphatic heterocycles. The van der Waals surface area contributed by atoms with Crippen LogP contribution in [0, 0.1) is 13.8 Å². The monoisotopic (exact) mass is 482 g/mol. The zero-order chi connectivity index (χ0) is 26.3. The molecule has 0 unspecified atom stereocenters. The summed E-state index contributed by atoms with van der Waals surface area (Å²) in [7, 11) is 0. The number of allylic oxidation sites excluding steroid dienone is 4. The minimum absolute atomic E-state index is 0.988. The number of aliphatic imine (C=N–C) groups is 2. The Morgan fingerprint density at radius 1 is 0.556 bits per heavy atom. The molecule has 2 aliphatic rings. The lowest BCUT2D eigenvalue weighted by Crippen LogP contribution is -1.99. The second-order valence-electron chi connectivity index (χ2n) is 10.4. The number of hydrogen-bond acceptors (Lipinski definition) is 2. The van der Waals surface area contributed by atoms with Crippen LogP contribution in [0.15, 0.2) is 43.7 Å². The highest BCUT2D eigenvalue weighted by atomic mass is 14.8. The number of aromatic amines is 2. The molecule has 0 fully saturated rings. The Balaban J connectivity index is 1.62. The van der Waals surface area contributed by atoms with E-state index in [1.54, 1.807) is 0 Å². The smallest absolute Gasteiger partial charge is 0.0686 e. The first kappa shape index (κ1) is 25.9. The van der Waals surface area contributed by atoms with Gasteiger partial charge in [0, 0.05) is 34.2 Å². The van der Waals surface area contributed by atoms with Gasteiger partial charge in [0.1, 0.15) is 0 Å². The summed E-state index contributed by atoms with van der Waals surface area (Å²) >= 11 is 0. The highest BCUT2D eigenvalue weighted by molar-refractivity contribution is 6.03. The SMILES string of the molecule is CCc1c(CCc2[nH]c(/C=C3/N=C(C)C(C)=C3C)c(C)c2CC)[nH]c(/C=C2/N=C(C)C(C)=C2C)c1C. The summed E-state index contributed by atoms with van der Waals surface area (Å²) in [5, 5.41) is 0. The first-order chi connectivity index (χ1) is 17.1. The molecule has 2 aromatic rings. The normalized spacial score (nSPS) is 18.4. The van der Waals surface area contributed by atoms with Crippen LogP contribution in [0.5, 0.6) is 0 Å². The maximum atomic E-state index is 4.80. The van der Waals surface area contributed by atoms with Gasteiger partial charge in [0.15, 0.2) is 0 Å². The first-order valence-corrected chi connectivity index (χ1v) is 13.4. The molecule has 2 aromatic heterocycles. The van der Waals surface area contributed by atoms with Crippen LogP contribution in [0.25, 0.3) is 12.2 Å². The van der Waals surface area contributed by atoms with Crippen molar-refractivity contribution in [1.82, 2.24) is 9.97 Å². The summed E-state index contributed by atoms with van der Waals surface area (Å²) in [4.78, 5) is 17.1. The van der Waals surface area contributed by atoms with Crippen molar-refractivity contribution < 1.29 is 0 Å². The number of nitrogens with zero attached hydrogens (tertiary/aromatic N) is 2. The highest BCUT2D eigenvalue weighted by Gasteiger charge is 2.19. The molecule has 0 spiro atoms. The van der Waals surface area contributed by atoms with Gasteiger partial charge in [0.25, 0.3) is 0 Å². The van der Waals surface area contributed by atoms with E-state index in [1.807, 2.05) is 0 Å². The Morgan fingerprint density at radius 3 is 1.19 bits per heavy atom. The molecule has 0 atom stereocenters. The molecule has 2 N–H and O–H groups in total. The van der Waals surface area contributed by atoms with Crippen LogP contribution in [0.4, 0.5) is 0 Å². The molecule has 4 nitrogen and oxygen atoms in total. The van der Waals surface area contributed by atoms with Crippen LogP contribution in [-0.2, 0) is 25.7 Å². The van der Waals surface area contributed by atoms with Crippen LogP contribution in [0.1, 0.15) is 100 Å². The van der Waals surface area contributed by atoms with Crippen molar-refractivity contribution in [3.05, 3.63) is 78.7 Å². The molecule has 36 heavy (non-hydrogen) atoms. The summed E-state index contributed by atoms with van der Waals surface area (Å²) in [6.07, 6.45) is 8.50. The minimum atomic E-state index is 0.988. The van der Waals surface area contributed by atoms with E-state index in [9.17, 15) is 0 Å². The van der Waals surface area contributed by atoms with Gasteiger partial charge in [-0.1, -0.05) is 13.8 Å². The van der Waals surface area contributed by atoms with Crippen molar-refractivity contribution in [3.63, 3.8) is 0 Å². The molecule has 0 aliphatic carbocycles. The van der Waals surface area contributed by atoms with Gasteiger partial charge < -0.3 is 9.97 Å². The lowest BCUT2D eigenvalue weighted by Gasteiger charge is -2.05. The van der Waals surface area contributed by atoms with Gasteiger partial charge in [0.05, 0.1) is 11.4 Å². The summed E-state index contributed by atoms with van der Waals surface area (Å²) < 4.78 is 0. The molecule has 0 amide bonds. The Bertz CT molecular complexity index is 1300. The Hall–Kier alpha value is -3.14. The van der Waals surface area contributed by atoms with Crippen LogP contribution in [-0.4, -0.2) is 21.4 Å². The van der Waals surface area contributed by atoms with Gasteiger partial charge in [0.2, 0.25) is 0 Å². The molecule has 190 valence electrons. The van der Waals surface area contributed by atoms with Crippen LogP contribution in [0.2, 0.25) is 0 Å². The zero-order valence-corrected chi connectivity index (χ0v) is 23.9. The Morgan fingerprint density at radius 2 is 0.917 bits per heavy atom. The largest absolute Gasteiger partial charge is 0.358 e. The van der Waals surface area contributed by atoms with Crippen molar-refractivity contribution in [1.29, 1.82) is 0 Å². The lowest BCUT2D eigenvalue weighted by atomic mass is 10.0. The highest BCUT2D eigenvalue weighted by Crippen LogP contribution is 2.31. The second-order valence-corrected chi connectivity index (χ2v) is 10.4. The fourth-order valence-corrected chi connectivity index (χ4v) is 5.54. The molecule has 4 heteroatoms. The fraction of sp³-hybridized carbons (Fsp3) is 0.438. The lowest BCUT2D eigenvalue weighted by molar-refractivity contribution is 0.861. The molecule has 0 saturated heterocycles. The summed E-state index contributed by atoms with van der Waals surface area (Å²) in [6, 6.07) is 0. The molecule has 4 heterocycles. The Labute approximate surface area is 217 Å². The quantitative estimate of drug-likeness (QED) is 0.400. The predicted octanol–water partition coefficient (Wildman–Crippen LogP) is 8.17. The summed E-state index contributed by atoms with van der Waals surface area (Å²) in [5.74, 6) is 0. The van der Waals surface area contributed by atoms with E-state index in [1.165, 1.54) is 67.3 Å². The average molecular weight is 483 g/mol. The number of nitrogens with one attached hydrogen (secondary N) is 2. The number of rotatable bonds is 7. The summed E-state index contributed by atoms with van der Waals surface area (Å²) in [5.41, 5.74) is 20.2. The van der Waals surface area contributed by atoms with Crippen molar-refractivity contribution in [2.75, 3.05) is 0 Å². The van der Waals surface area contributed by atoms with Crippen molar-refractivity contribution in [2.24, 2.45) is 9.98 Å². The van der Waals surface area contributed by atoms with Crippen molar-refractivity contribution in [3.8, 4) is 0 Å². The second kappa shape index (κ2) is 10.1. The van der Waals surface area contributed by atoms with E-state index in [0.717, 1.165) is 48.5 Å². The van der Waals surface area contributed by atoms with Crippen molar-refractivity contribution in [2.45, 2.75) is 94.9 Å². The van der Waals surface area contributed by atoms with E-state index >= 15 is 0 Å². The molecular weight excluding hydrogens is 440 g/mol. The van der Waals surface area contributed by atoms with Gasteiger partial charge in [-0.25, -0.2) is 0 Å². The maximum Gasteiger partial charge on any atom is 0.0686 e. The topological polar surface area (TPSA) is 56.3 Å². The van der Waals surface area contributed by atoms with Crippen LogP contribution >= 0.6 is 0 Å². The van der Waals surface area contributed by atoms with E-state index in [4.69, 9.17) is 9.98 Å². The van der Waals surface area contributed by atoms with Crippen molar-refractivity contribution >= 4 is 23.6 Å². The number of aromatic nitrogens is 2. The number of hydrogen-bond donors (Lipinski definition) is 2. The molecule has 0 saturated carbocycles. The molecular formula is C32H42N4. The van der Waals surface area contributed by atoms with E-state index in [-0.39, 0.29) is 0 Å². The maximum absolute atomic E-state index is 4.80. The van der Waals surface area contributed by atoms with Gasteiger partial charge in [-0.05, 0) is 138 Å². The van der Waals surface area contributed by atoms with E-state index in [0.29, 0.717) is 0 Å². The molecule has 0 aromatic carbocycles. The van der Waals surface area contributed by atoms with E-state index in [2.05, 4.69) is 91.4 Å². The van der Waals surface area contributed by atoms with Gasteiger partial charge in [-0.15, -0.1) is 0 Å². The number of H-pyrrole nitrogens is 2. The standard InChI is InChI=1S/C32H42N4/c1-11-25-21(7)31(15-29-19(5)17(3)23(9)33-29)35-27(25)13-14-28-26(12-2)22(8)32(36-28)16-30-20(6)18(4)24(10)34-30/h15-16,35-36H,11-14H2,1-10H3/b29-15+,30-16+. The minimum Gasteiger partial charge on any atom is -0.358 e. The predicted molar refractivity (Wildman–Crippen MR) is 156 cm³/mol. The van der Waals surface area contributed by atoms with E-state index < -0.39 is 0 Å². The molecule has 4 rings (SSSR count). The van der Waals surface area contributed by atoms with Crippen LogP contribution in [0.3, 0.4) is 0 Å². The summed E-state index contributed by atoms with van der Waals surface area (Å²) in [6.45, 7) is 21.8. The third-order valence-corrected chi connectivity index (χ3v) is 8.46. The fourth-order valence-electron chi connectivity index (χ4n) is 5.54. The van der Waals surface area contributed by atoms with Gasteiger partial charge in [-0.2, -0.15) is 0 Å². The van der Waals surface area contributed by atoms with Crippen LogP contribution < -0.4 is 0 Å². The molecule has 0 bridgehead atoms. The van der Waals surface area contributed by atoms with Gasteiger partial charge >= 0.3 is 0 Å². The zero-order valence-electron chi connectivity index (χ0n) is 23.9. The Kier molecular flexibility index (Phi) is 7.26. The van der Waals surface area contributed by atoms with Gasteiger partial charge in [-0.3, -0.25) is 9.98 Å².